The number of benzene rings is 2. The third-order valence-electron chi connectivity index (χ3n) is 4.24. The van der Waals surface area contributed by atoms with Gasteiger partial charge in [0.05, 0.1) is 19.8 Å². The molecule has 7 nitrogen and oxygen atoms in total. The van der Waals surface area contributed by atoms with Crippen LogP contribution in [0.2, 0.25) is 0 Å². The monoisotopic (exact) mass is 415 g/mol. The largest absolute Gasteiger partial charge is 0.481 e. The first-order valence-corrected chi connectivity index (χ1v) is 9.42. The zero-order chi connectivity index (χ0) is 22.1. The summed E-state index contributed by atoms with van der Waals surface area (Å²) in [6, 6.07) is 17.3. The van der Waals surface area contributed by atoms with E-state index in [2.05, 4.69) is 27.5 Å². The molecule has 3 rings (SSSR count). The van der Waals surface area contributed by atoms with E-state index >= 15 is 0 Å². The van der Waals surface area contributed by atoms with Crippen molar-refractivity contribution in [1.82, 2.24) is 10.3 Å². The summed E-state index contributed by atoms with van der Waals surface area (Å²) in [5, 5.41) is 5.55. The molecule has 0 spiro atoms. The molecule has 2 N–H and O–H groups in total. The van der Waals surface area contributed by atoms with Gasteiger partial charge in [-0.1, -0.05) is 30.0 Å². The predicted molar refractivity (Wildman–Crippen MR) is 117 cm³/mol. The number of pyridine rings is 1. The maximum atomic E-state index is 12.2. The number of esters is 1. The standard InChI is InChI=1S/C24H21N3O4/c1-30-22-20(9-5-13-25-22)16-26-24(29)27-21-10-4-7-18(15-21)12-11-17-6-3-8-19(14-17)23(28)31-2/h3-10,13-15H,16H2,1-2H3,(H2,26,27,29). The van der Waals surface area contributed by atoms with Crippen molar-refractivity contribution in [3.05, 3.63) is 89.1 Å². The van der Waals surface area contributed by atoms with E-state index in [0.717, 1.165) is 11.1 Å². The number of methoxy groups -OCH3 is 2. The lowest BCUT2D eigenvalue weighted by atomic mass is 10.1. The van der Waals surface area contributed by atoms with E-state index in [9.17, 15) is 9.59 Å². The molecule has 2 aromatic carbocycles. The molecule has 156 valence electrons. The van der Waals surface area contributed by atoms with Crippen molar-refractivity contribution >= 4 is 17.7 Å². The molecule has 0 radical (unpaired) electrons. The van der Waals surface area contributed by atoms with Crippen LogP contribution in [0, 0.1) is 11.8 Å². The molecule has 2 amide bonds. The molecule has 1 heterocycles. The highest BCUT2D eigenvalue weighted by atomic mass is 16.5. The van der Waals surface area contributed by atoms with Crippen molar-refractivity contribution in [2.45, 2.75) is 6.54 Å². The van der Waals surface area contributed by atoms with Gasteiger partial charge in [-0.2, -0.15) is 0 Å². The highest BCUT2D eigenvalue weighted by Gasteiger charge is 2.07. The lowest BCUT2D eigenvalue weighted by Gasteiger charge is -2.10. The number of urea groups is 1. The van der Waals surface area contributed by atoms with E-state index in [1.807, 2.05) is 18.2 Å². The molecule has 1 aromatic heterocycles. The van der Waals surface area contributed by atoms with Gasteiger partial charge in [0.25, 0.3) is 0 Å². The molecule has 0 bridgehead atoms. The fourth-order valence-electron chi connectivity index (χ4n) is 2.75. The second kappa shape index (κ2) is 10.5. The quantitative estimate of drug-likeness (QED) is 0.491. The Labute approximate surface area is 180 Å². The number of ether oxygens (including phenoxy) is 2. The first-order valence-electron chi connectivity index (χ1n) is 9.42. The van der Waals surface area contributed by atoms with Gasteiger partial charge in [0, 0.05) is 35.1 Å². The van der Waals surface area contributed by atoms with Crippen LogP contribution in [-0.2, 0) is 11.3 Å². The molecule has 0 atom stereocenters. The maximum absolute atomic E-state index is 12.2. The Morgan fingerprint density at radius 1 is 0.968 bits per heavy atom. The van der Waals surface area contributed by atoms with Crippen LogP contribution in [-0.4, -0.2) is 31.2 Å². The van der Waals surface area contributed by atoms with Crippen LogP contribution in [0.15, 0.2) is 66.9 Å². The van der Waals surface area contributed by atoms with Crippen molar-refractivity contribution in [2.75, 3.05) is 19.5 Å². The zero-order valence-corrected chi connectivity index (χ0v) is 17.1. The number of aromatic nitrogens is 1. The van der Waals surface area contributed by atoms with Gasteiger partial charge >= 0.3 is 12.0 Å². The fraction of sp³-hybridized carbons (Fsp3) is 0.125. The van der Waals surface area contributed by atoms with Gasteiger partial charge in [0.15, 0.2) is 0 Å². The van der Waals surface area contributed by atoms with Crippen LogP contribution in [0.1, 0.15) is 27.0 Å². The highest BCUT2D eigenvalue weighted by Crippen LogP contribution is 2.14. The Balaban J connectivity index is 1.64. The average Bonchev–Trinajstić information content (AvgIpc) is 2.81. The van der Waals surface area contributed by atoms with Gasteiger partial charge in [0.1, 0.15) is 0 Å². The second-order valence-corrected chi connectivity index (χ2v) is 6.38. The van der Waals surface area contributed by atoms with E-state index in [0.29, 0.717) is 22.7 Å². The van der Waals surface area contributed by atoms with Gasteiger partial charge in [-0.05, 0) is 42.5 Å². The normalized spacial score (nSPS) is 9.74. The first kappa shape index (κ1) is 21.4. The summed E-state index contributed by atoms with van der Waals surface area (Å²) in [6.45, 7) is 0.277. The molecule has 0 fully saturated rings. The van der Waals surface area contributed by atoms with Gasteiger partial charge in [-0.3, -0.25) is 0 Å². The van der Waals surface area contributed by atoms with Crippen LogP contribution >= 0.6 is 0 Å². The molecular formula is C24H21N3O4. The number of nitrogens with zero attached hydrogens (tertiary/aromatic N) is 1. The summed E-state index contributed by atoms with van der Waals surface area (Å²) in [4.78, 5) is 28.0. The summed E-state index contributed by atoms with van der Waals surface area (Å²) in [5.41, 5.74) is 3.21. The van der Waals surface area contributed by atoms with Crippen molar-refractivity contribution in [1.29, 1.82) is 0 Å². The Morgan fingerprint density at radius 2 is 1.71 bits per heavy atom. The van der Waals surface area contributed by atoms with Crippen molar-refractivity contribution in [2.24, 2.45) is 0 Å². The Bertz CT molecular complexity index is 1150. The van der Waals surface area contributed by atoms with Crippen LogP contribution in [0.25, 0.3) is 0 Å². The minimum Gasteiger partial charge on any atom is -0.481 e. The van der Waals surface area contributed by atoms with E-state index < -0.39 is 5.97 Å². The maximum Gasteiger partial charge on any atom is 0.337 e. The smallest absolute Gasteiger partial charge is 0.337 e. The third kappa shape index (κ3) is 6.08. The van der Waals surface area contributed by atoms with Crippen LogP contribution in [0.3, 0.4) is 0 Å². The molecule has 0 aliphatic rings. The lowest BCUT2D eigenvalue weighted by molar-refractivity contribution is 0.0600. The Kier molecular flexibility index (Phi) is 7.22. The van der Waals surface area contributed by atoms with Crippen molar-refractivity contribution in [3.63, 3.8) is 0 Å². The first-order chi connectivity index (χ1) is 15.1. The van der Waals surface area contributed by atoms with Gasteiger partial charge in [0.2, 0.25) is 5.88 Å². The summed E-state index contributed by atoms with van der Waals surface area (Å²) >= 11 is 0. The topological polar surface area (TPSA) is 89.5 Å². The van der Waals surface area contributed by atoms with E-state index in [-0.39, 0.29) is 12.6 Å². The Morgan fingerprint density at radius 3 is 2.45 bits per heavy atom. The van der Waals surface area contributed by atoms with Crippen LogP contribution in [0.4, 0.5) is 10.5 Å². The third-order valence-corrected chi connectivity index (χ3v) is 4.24. The highest BCUT2D eigenvalue weighted by molar-refractivity contribution is 5.90. The minimum atomic E-state index is -0.412. The molecular weight excluding hydrogens is 394 g/mol. The average molecular weight is 415 g/mol. The zero-order valence-electron chi connectivity index (χ0n) is 17.1. The van der Waals surface area contributed by atoms with Crippen LogP contribution < -0.4 is 15.4 Å². The summed E-state index contributed by atoms with van der Waals surface area (Å²) in [5.74, 6) is 6.10. The second-order valence-electron chi connectivity index (χ2n) is 6.38. The number of hydrogen-bond acceptors (Lipinski definition) is 5. The predicted octanol–water partition coefficient (Wildman–Crippen LogP) is 3.60. The number of rotatable bonds is 5. The molecule has 0 aliphatic carbocycles. The number of amides is 2. The number of carbonyl (C=O) groups excluding carboxylic acids is 2. The summed E-state index contributed by atoms with van der Waals surface area (Å²) in [6.07, 6.45) is 1.63. The molecule has 0 saturated heterocycles. The number of nitrogens with one attached hydrogen (secondary N) is 2. The van der Waals surface area contributed by atoms with Crippen LogP contribution in [0.5, 0.6) is 5.88 Å². The van der Waals surface area contributed by atoms with E-state index in [1.165, 1.54) is 14.2 Å². The molecule has 31 heavy (non-hydrogen) atoms. The van der Waals surface area contributed by atoms with Gasteiger partial charge in [-0.15, -0.1) is 0 Å². The molecule has 0 saturated carbocycles. The Hall–Kier alpha value is -4.31. The van der Waals surface area contributed by atoms with E-state index in [1.54, 1.807) is 48.7 Å². The molecule has 7 heteroatoms. The van der Waals surface area contributed by atoms with E-state index in [4.69, 9.17) is 9.47 Å². The van der Waals surface area contributed by atoms with Crippen molar-refractivity contribution < 1.29 is 19.1 Å². The van der Waals surface area contributed by atoms with Gasteiger partial charge < -0.3 is 20.1 Å². The lowest BCUT2D eigenvalue weighted by Crippen LogP contribution is -2.28. The number of anilines is 1. The molecule has 0 unspecified atom stereocenters. The SMILES string of the molecule is COC(=O)c1cccc(C#Cc2cccc(NC(=O)NCc3cccnc3OC)c2)c1. The summed E-state index contributed by atoms with van der Waals surface area (Å²) < 4.78 is 9.90. The molecule has 3 aromatic rings. The van der Waals surface area contributed by atoms with Crippen molar-refractivity contribution in [3.8, 4) is 17.7 Å². The summed E-state index contributed by atoms with van der Waals surface area (Å²) in [7, 11) is 2.87. The number of hydrogen-bond donors (Lipinski definition) is 2. The molecule has 0 aliphatic heterocycles. The fourth-order valence-corrected chi connectivity index (χ4v) is 2.75. The van der Waals surface area contributed by atoms with Gasteiger partial charge in [-0.25, -0.2) is 14.6 Å². The minimum absolute atomic E-state index is 0.277. The number of carbonyl (C=O) groups is 2.